The minimum Gasteiger partial charge on any atom is -0.348 e. The van der Waals surface area contributed by atoms with Gasteiger partial charge in [0.05, 0.1) is 26.2 Å². The highest BCUT2D eigenvalue weighted by Crippen LogP contribution is 2.17. The van der Waals surface area contributed by atoms with Crippen molar-refractivity contribution in [3.05, 3.63) is 34.3 Å². The first-order chi connectivity index (χ1) is 11.9. The van der Waals surface area contributed by atoms with E-state index in [-0.39, 0.29) is 24.2 Å². The summed E-state index contributed by atoms with van der Waals surface area (Å²) in [5.74, 6) is -0.348. The van der Waals surface area contributed by atoms with E-state index in [9.17, 15) is 9.59 Å². The minimum atomic E-state index is -0.582. The van der Waals surface area contributed by atoms with Gasteiger partial charge in [-0.2, -0.15) is 0 Å². The molecule has 0 aliphatic carbocycles. The second-order valence-corrected chi connectivity index (χ2v) is 7.30. The molecule has 25 heavy (non-hydrogen) atoms. The zero-order chi connectivity index (χ0) is 18.4. The molecule has 1 aromatic carbocycles. The molecule has 138 valence electrons. The lowest BCUT2D eigenvalue weighted by molar-refractivity contribution is -0.141. The predicted octanol–water partition coefficient (Wildman–Crippen LogP) is 1.96. The van der Waals surface area contributed by atoms with Crippen LogP contribution in [0.25, 0.3) is 0 Å². The van der Waals surface area contributed by atoms with Gasteiger partial charge in [-0.25, -0.2) is 0 Å². The van der Waals surface area contributed by atoms with Gasteiger partial charge in [-0.3, -0.25) is 9.59 Å². The van der Waals surface area contributed by atoms with Crippen LogP contribution >= 0.6 is 15.9 Å². The topological polar surface area (TPSA) is 67.9 Å². The maximum Gasteiger partial charge on any atom is 0.245 e. The molecule has 1 atom stereocenters. The van der Waals surface area contributed by atoms with Crippen molar-refractivity contribution in [1.82, 2.24) is 10.2 Å². The van der Waals surface area contributed by atoms with Crippen molar-refractivity contribution >= 4 is 27.7 Å². The highest BCUT2D eigenvalue weighted by Gasteiger charge is 2.29. The highest BCUT2D eigenvalue weighted by atomic mass is 79.9. The van der Waals surface area contributed by atoms with Gasteiger partial charge < -0.3 is 19.7 Å². The Hall–Kier alpha value is -1.44. The molecule has 1 aromatic rings. The molecule has 1 N–H and O–H groups in total. The van der Waals surface area contributed by atoms with E-state index >= 15 is 0 Å². The number of benzene rings is 1. The van der Waals surface area contributed by atoms with Crippen molar-refractivity contribution in [2.75, 3.05) is 26.8 Å². The quantitative estimate of drug-likeness (QED) is 0.742. The third-order valence-corrected chi connectivity index (χ3v) is 4.82. The predicted molar refractivity (Wildman–Crippen MR) is 97.9 cm³/mol. The average molecular weight is 413 g/mol. The fourth-order valence-corrected chi connectivity index (χ4v) is 3.04. The normalized spacial score (nSPS) is 16.0. The molecular formula is C18H25BrN2O4. The SMILES string of the molecule is CC(C)[C@H](NC(=O)Cc1ccccc1Br)C(=O)N(C)CC1OCCO1. The standard InChI is InChI=1S/C18H25BrN2O4/c1-12(2)17(18(23)21(3)11-16-24-8-9-25-16)20-15(22)10-13-6-4-5-7-14(13)19/h4-7,12,16-17H,8-11H2,1-3H3,(H,20,22)/t17-/m0/s1. The van der Waals surface area contributed by atoms with Crippen LogP contribution in [-0.2, 0) is 25.5 Å². The molecule has 0 spiro atoms. The molecule has 7 heteroatoms. The summed E-state index contributed by atoms with van der Waals surface area (Å²) in [6.07, 6.45) is -0.172. The third-order valence-electron chi connectivity index (χ3n) is 4.05. The van der Waals surface area contributed by atoms with Gasteiger partial charge in [-0.05, 0) is 17.5 Å². The van der Waals surface area contributed by atoms with Gasteiger partial charge in [0.2, 0.25) is 11.8 Å². The molecule has 1 aliphatic rings. The summed E-state index contributed by atoms with van der Waals surface area (Å²) in [5.41, 5.74) is 0.885. The summed E-state index contributed by atoms with van der Waals surface area (Å²) in [4.78, 5) is 26.7. The lowest BCUT2D eigenvalue weighted by Gasteiger charge is -2.28. The van der Waals surface area contributed by atoms with E-state index < -0.39 is 12.3 Å². The van der Waals surface area contributed by atoms with E-state index in [1.54, 1.807) is 11.9 Å². The van der Waals surface area contributed by atoms with Crippen LogP contribution in [-0.4, -0.2) is 55.9 Å². The Bertz CT molecular complexity index is 602. The van der Waals surface area contributed by atoms with E-state index in [4.69, 9.17) is 9.47 Å². The molecule has 0 saturated carbocycles. The number of halogens is 1. The number of nitrogens with one attached hydrogen (secondary N) is 1. The van der Waals surface area contributed by atoms with Crippen molar-refractivity contribution in [2.24, 2.45) is 5.92 Å². The number of likely N-dealkylation sites (N-methyl/N-ethyl adjacent to an activating group) is 1. The summed E-state index contributed by atoms with van der Waals surface area (Å²) in [6.45, 7) is 5.27. The Labute approximate surface area is 157 Å². The Kier molecular flexibility index (Phi) is 7.40. The average Bonchev–Trinajstić information content (AvgIpc) is 3.07. The monoisotopic (exact) mass is 412 g/mol. The van der Waals surface area contributed by atoms with E-state index in [0.717, 1.165) is 10.0 Å². The number of hydrogen-bond donors (Lipinski definition) is 1. The molecule has 0 aromatic heterocycles. The molecule has 6 nitrogen and oxygen atoms in total. The molecule has 2 rings (SSSR count). The van der Waals surface area contributed by atoms with Gasteiger partial charge in [-0.1, -0.05) is 48.0 Å². The van der Waals surface area contributed by atoms with Crippen molar-refractivity contribution < 1.29 is 19.1 Å². The van der Waals surface area contributed by atoms with E-state index in [1.807, 2.05) is 38.1 Å². The summed E-state index contributed by atoms with van der Waals surface area (Å²) in [7, 11) is 1.70. The fraction of sp³-hybridized carbons (Fsp3) is 0.556. The second kappa shape index (κ2) is 9.31. The summed E-state index contributed by atoms with van der Waals surface area (Å²) in [5, 5.41) is 2.87. The molecule has 1 aliphatic heterocycles. The lowest BCUT2D eigenvalue weighted by atomic mass is 10.0. The molecule has 1 heterocycles. The van der Waals surface area contributed by atoms with Crippen LogP contribution in [0.3, 0.4) is 0 Å². The van der Waals surface area contributed by atoms with Crippen LogP contribution < -0.4 is 5.32 Å². The largest absolute Gasteiger partial charge is 0.348 e. The van der Waals surface area contributed by atoms with Crippen molar-refractivity contribution in [3.63, 3.8) is 0 Å². The number of ether oxygens (including phenoxy) is 2. The number of carbonyl (C=O) groups is 2. The fourth-order valence-electron chi connectivity index (χ4n) is 2.62. The van der Waals surface area contributed by atoms with Gasteiger partial charge in [0.25, 0.3) is 0 Å². The maximum atomic E-state index is 12.7. The van der Waals surface area contributed by atoms with Crippen molar-refractivity contribution in [1.29, 1.82) is 0 Å². The first-order valence-electron chi connectivity index (χ1n) is 8.39. The van der Waals surface area contributed by atoms with Gasteiger partial charge in [0, 0.05) is 11.5 Å². The number of nitrogens with zero attached hydrogens (tertiary/aromatic N) is 1. The summed E-state index contributed by atoms with van der Waals surface area (Å²) in [6, 6.07) is 6.98. The number of rotatable bonds is 7. The zero-order valence-electron chi connectivity index (χ0n) is 14.8. The van der Waals surface area contributed by atoms with Crippen LogP contribution in [0.4, 0.5) is 0 Å². The minimum absolute atomic E-state index is 0.0245. The van der Waals surface area contributed by atoms with Gasteiger partial charge >= 0.3 is 0 Å². The lowest BCUT2D eigenvalue weighted by Crippen LogP contribution is -2.51. The van der Waals surface area contributed by atoms with Crippen LogP contribution in [0, 0.1) is 5.92 Å². The van der Waals surface area contributed by atoms with Gasteiger partial charge in [-0.15, -0.1) is 0 Å². The van der Waals surface area contributed by atoms with Crippen LogP contribution in [0.5, 0.6) is 0 Å². The first-order valence-corrected chi connectivity index (χ1v) is 9.18. The summed E-state index contributed by atoms with van der Waals surface area (Å²) < 4.78 is 11.6. The Morgan fingerprint density at radius 2 is 1.92 bits per heavy atom. The van der Waals surface area contributed by atoms with E-state index in [0.29, 0.717) is 19.8 Å². The van der Waals surface area contributed by atoms with Gasteiger partial charge in [0.15, 0.2) is 6.29 Å². The maximum absolute atomic E-state index is 12.7. The molecule has 0 bridgehead atoms. The molecule has 1 fully saturated rings. The van der Waals surface area contributed by atoms with Crippen LogP contribution in [0.2, 0.25) is 0 Å². The van der Waals surface area contributed by atoms with Crippen molar-refractivity contribution in [2.45, 2.75) is 32.6 Å². The Morgan fingerprint density at radius 1 is 1.28 bits per heavy atom. The Balaban J connectivity index is 1.95. The Morgan fingerprint density at radius 3 is 2.52 bits per heavy atom. The second-order valence-electron chi connectivity index (χ2n) is 6.45. The molecule has 2 amide bonds. The van der Waals surface area contributed by atoms with E-state index in [1.165, 1.54) is 0 Å². The van der Waals surface area contributed by atoms with Crippen molar-refractivity contribution in [3.8, 4) is 0 Å². The molecular weight excluding hydrogens is 388 g/mol. The first kappa shape index (κ1) is 19.9. The van der Waals surface area contributed by atoms with Crippen LogP contribution in [0.15, 0.2) is 28.7 Å². The van der Waals surface area contributed by atoms with E-state index in [2.05, 4.69) is 21.2 Å². The molecule has 1 saturated heterocycles. The highest BCUT2D eigenvalue weighted by molar-refractivity contribution is 9.10. The van der Waals surface area contributed by atoms with Crippen LogP contribution in [0.1, 0.15) is 19.4 Å². The third kappa shape index (κ3) is 5.80. The zero-order valence-corrected chi connectivity index (χ0v) is 16.4. The number of hydrogen-bond acceptors (Lipinski definition) is 4. The smallest absolute Gasteiger partial charge is 0.245 e. The number of carbonyl (C=O) groups excluding carboxylic acids is 2. The van der Waals surface area contributed by atoms with Gasteiger partial charge in [0.1, 0.15) is 6.04 Å². The molecule has 0 radical (unpaired) electrons. The molecule has 0 unspecified atom stereocenters. The number of amides is 2. The summed E-state index contributed by atoms with van der Waals surface area (Å²) >= 11 is 3.44.